The number of hydrogen-bond acceptors (Lipinski definition) is 5. The Morgan fingerprint density at radius 2 is 2.12 bits per heavy atom. The zero-order valence-electron chi connectivity index (χ0n) is 14.5. The van der Waals surface area contributed by atoms with Crippen molar-refractivity contribution < 1.29 is 18.7 Å². The minimum absolute atomic E-state index is 0.0527. The lowest BCUT2D eigenvalue weighted by atomic mass is 9.72. The number of amides is 1. The molecule has 1 aromatic carbocycles. The number of ether oxygens (including phenoxy) is 1. The van der Waals surface area contributed by atoms with Crippen LogP contribution >= 0.6 is 0 Å². The van der Waals surface area contributed by atoms with Gasteiger partial charge in [0.2, 0.25) is 0 Å². The molecule has 1 aromatic heterocycles. The van der Waals surface area contributed by atoms with Crippen LogP contribution in [0.3, 0.4) is 0 Å². The highest BCUT2D eigenvalue weighted by Gasteiger charge is 2.61. The van der Waals surface area contributed by atoms with E-state index in [0.29, 0.717) is 30.5 Å². The Labute approximate surface area is 146 Å². The van der Waals surface area contributed by atoms with E-state index in [4.69, 9.17) is 9.15 Å². The predicted octanol–water partition coefficient (Wildman–Crippen LogP) is 3.16. The zero-order valence-corrected chi connectivity index (χ0v) is 14.5. The van der Waals surface area contributed by atoms with Crippen LogP contribution in [0.5, 0.6) is 0 Å². The number of rotatable bonds is 4. The normalized spacial score (nSPS) is 27.8. The molecule has 132 valence electrons. The highest BCUT2D eigenvalue weighted by atomic mass is 16.5. The van der Waals surface area contributed by atoms with Crippen molar-refractivity contribution in [3.05, 3.63) is 30.2 Å². The van der Waals surface area contributed by atoms with E-state index < -0.39 is 5.41 Å². The molecule has 2 bridgehead atoms. The van der Waals surface area contributed by atoms with Gasteiger partial charge in [-0.25, -0.2) is 4.98 Å². The van der Waals surface area contributed by atoms with E-state index in [-0.39, 0.29) is 29.9 Å². The summed E-state index contributed by atoms with van der Waals surface area (Å²) in [4.78, 5) is 31.9. The molecule has 6 nitrogen and oxygen atoms in total. The number of carbonyl (C=O) groups excluding carboxylic acids is 2. The average molecular weight is 342 g/mol. The zero-order chi connectivity index (χ0) is 17.6. The number of esters is 1. The Morgan fingerprint density at radius 3 is 2.84 bits per heavy atom. The van der Waals surface area contributed by atoms with Gasteiger partial charge in [-0.3, -0.25) is 9.59 Å². The quantitative estimate of drug-likeness (QED) is 0.798. The average Bonchev–Trinajstić information content (AvgIpc) is 3.32. The molecular weight excluding hydrogens is 320 g/mol. The molecule has 0 spiro atoms. The van der Waals surface area contributed by atoms with Gasteiger partial charge in [-0.05, 0) is 44.7 Å². The number of nitrogens with zero attached hydrogens (tertiary/aromatic N) is 2. The van der Waals surface area contributed by atoms with Gasteiger partial charge >= 0.3 is 11.9 Å². The molecule has 25 heavy (non-hydrogen) atoms. The van der Waals surface area contributed by atoms with Crippen LogP contribution in [0.1, 0.15) is 50.2 Å². The van der Waals surface area contributed by atoms with Gasteiger partial charge < -0.3 is 14.1 Å². The summed E-state index contributed by atoms with van der Waals surface area (Å²) in [6, 6.07) is 7.25. The monoisotopic (exact) mass is 342 g/mol. The summed E-state index contributed by atoms with van der Waals surface area (Å²) in [5.41, 5.74) is 0.676. The van der Waals surface area contributed by atoms with Crippen molar-refractivity contribution in [3.8, 4) is 0 Å². The van der Waals surface area contributed by atoms with Crippen LogP contribution in [0.2, 0.25) is 0 Å². The highest BCUT2D eigenvalue weighted by Crippen LogP contribution is 2.52. The second-order valence-corrected chi connectivity index (χ2v) is 6.88. The number of aromatic nitrogens is 1. The SMILES string of the molecule is CCOC(=O)[C@@]1(CC)C[C@H]2CC[C@@H]1N2C(=O)c1nc2ccccc2o1. The Morgan fingerprint density at radius 1 is 1.32 bits per heavy atom. The van der Waals surface area contributed by atoms with E-state index in [1.165, 1.54) is 0 Å². The van der Waals surface area contributed by atoms with Crippen LogP contribution in [0, 0.1) is 5.41 Å². The third-order valence-electron chi connectivity index (χ3n) is 5.76. The smallest absolute Gasteiger partial charge is 0.314 e. The van der Waals surface area contributed by atoms with E-state index in [0.717, 1.165) is 12.8 Å². The van der Waals surface area contributed by atoms with Gasteiger partial charge in [-0.15, -0.1) is 0 Å². The summed E-state index contributed by atoms with van der Waals surface area (Å²) in [5, 5.41) is 0. The van der Waals surface area contributed by atoms with Gasteiger partial charge in [0.05, 0.1) is 12.0 Å². The van der Waals surface area contributed by atoms with Crippen LogP contribution in [-0.4, -0.2) is 40.5 Å². The minimum Gasteiger partial charge on any atom is -0.466 e. The molecule has 3 heterocycles. The second-order valence-electron chi connectivity index (χ2n) is 6.88. The van der Waals surface area contributed by atoms with Crippen LogP contribution in [0.25, 0.3) is 11.1 Å². The molecule has 2 fully saturated rings. The number of hydrogen-bond donors (Lipinski definition) is 0. The van der Waals surface area contributed by atoms with E-state index in [2.05, 4.69) is 4.98 Å². The Bertz CT molecular complexity index is 797. The summed E-state index contributed by atoms with van der Waals surface area (Å²) in [5.74, 6) is -0.294. The molecule has 2 saturated heterocycles. The first-order valence-corrected chi connectivity index (χ1v) is 8.96. The molecule has 3 atom stereocenters. The fourth-order valence-corrected chi connectivity index (χ4v) is 4.58. The molecule has 6 heteroatoms. The van der Waals surface area contributed by atoms with Gasteiger partial charge in [0.15, 0.2) is 5.58 Å². The van der Waals surface area contributed by atoms with Crippen LogP contribution in [0.15, 0.2) is 28.7 Å². The minimum atomic E-state index is -0.597. The maximum atomic E-state index is 13.1. The maximum absolute atomic E-state index is 13.1. The number of carbonyl (C=O) groups is 2. The maximum Gasteiger partial charge on any atom is 0.314 e. The van der Waals surface area contributed by atoms with E-state index >= 15 is 0 Å². The standard InChI is InChI=1S/C19H22N2O4/c1-3-19(18(23)24-4-2)11-12-9-10-15(19)21(12)17(22)16-20-13-7-5-6-8-14(13)25-16/h5-8,12,15H,3-4,9-11H2,1-2H3/t12-,15+,19+/m1/s1. The topological polar surface area (TPSA) is 72.6 Å². The molecule has 4 rings (SSSR count). The lowest BCUT2D eigenvalue weighted by molar-refractivity contribution is -0.157. The van der Waals surface area contributed by atoms with Crippen LogP contribution in [0.4, 0.5) is 0 Å². The molecule has 2 aliphatic heterocycles. The van der Waals surface area contributed by atoms with Crippen molar-refractivity contribution in [3.63, 3.8) is 0 Å². The fourth-order valence-electron chi connectivity index (χ4n) is 4.58. The van der Waals surface area contributed by atoms with Crippen molar-refractivity contribution in [1.29, 1.82) is 0 Å². The summed E-state index contributed by atoms with van der Waals surface area (Å²) >= 11 is 0. The molecule has 0 unspecified atom stereocenters. The second kappa shape index (κ2) is 5.86. The first-order chi connectivity index (χ1) is 12.1. The van der Waals surface area contributed by atoms with Gasteiger partial charge in [-0.2, -0.15) is 0 Å². The third kappa shape index (κ3) is 2.27. The molecule has 2 aliphatic rings. The predicted molar refractivity (Wildman–Crippen MR) is 91.0 cm³/mol. The van der Waals surface area contributed by atoms with Crippen molar-refractivity contribution >= 4 is 23.0 Å². The molecule has 0 saturated carbocycles. The van der Waals surface area contributed by atoms with Crippen LogP contribution < -0.4 is 0 Å². The molecule has 0 aliphatic carbocycles. The van der Waals surface area contributed by atoms with Crippen molar-refractivity contribution in [2.24, 2.45) is 5.41 Å². The Kier molecular flexibility index (Phi) is 3.78. The first-order valence-electron chi connectivity index (χ1n) is 8.96. The number of benzene rings is 1. The molecule has 2 aromatic rings. The largest absolute Gasteiger partial charge is 0.466 e. The molecular formula is C19H22N2O4. The van der Waals surface area contributed by atoms with Crippen molar-refractivity contribution in [1.82, 2.24) is 9.88 Å². The first kappa shape index (κ1) is 16.1. The summed E-state index contributed by atoms with van der Waals surface area (Å²) in [6.45, 7) is 4.17. The van der Waals surface area contributed by atoms with E-state index in [1.54, 1.807) is 6.07 Å². The van der Waals surface area contributed by atoms with Crippen LogP contribution in [-0.2, 0) is 9.53 Å². The van der Waals surface area contributed by atoms with Gasteiger partial charge in [-0.1, -0.05) is 19.1 Å². The number of fused-ring (bicyclic) bond motifs is 3. The number of para-hydroxylation sites is 2. The fraction of sp³-hybridized carbons (Fsp3) is 0.526. The Hall–Kier alpha value is -2.37. The Balaban J connectivity index is 1.66. The lowest BCUT2D eigenvalue weighted by Crippen LogP contribution is -2.45. The van der Waals surface area contributed by atoms with E-state index in [1.807, 2.05) is 36.9 Å². The molecule has 0 N–H and O–H groups in total. The van der Waals surface area contributed by atoms with Crippen molar-refractivity contribution in [2.45, 2.75) is 51.6 Å². The van der Waals surface area contributed by atoms with Gasteiger partial charge in [0.25, 0.3) is 5.89 Å². The van der Waals surface area contributed by atoms with Gasteiger partial charge in [0, 0.05) is 12.1 Å². The summed E-state index contributed by atoms with van der Waals surface area (Å²) in [6.07, 6.45) is 3.07. The van der Waals surface area contributed by atoms with Gasteiger partial charge in [0.1, 0.15) is 5.52 Å². The summed E-state index contributed by atoms with van der Waals surface area (Å²) < 4.78 is 11.0. The van der Waals surface area contributed by atoms with Crippen molar-refractivity contribution in [2.75, 3.05) is 6.61 Å². The third-order valence-corrected chi connectivity index (χ3v) is 5.76. The molecule has 1 amide bonds. The highest BCUT2D eigenvalue weighted by molar-refractivity contribution is 5.94. The van der Waals surface area contributed by atoms with E-state index in [9.17, 15) is 9.59 Å². The lowest BCUT2D eigenvalue weighted by Gasteiger charge is -2.33. The number of oxazole rings is 1. The summed E-state index contributed by atoms with van der Waals surface area (Å²) in [7, 11) is 0. The molecule has 0 radical (unpaired) electrons.